The zero-order valence-corrected chi connectivity index (χ0v) is 22.8. The molecule has 8 heteroatoms. The Balaban J connectivity index is 1.30. The highest BCUT2D eigenvalue weighted by molar-refractivity contribution is 5.87. The third-order valence-corrected chi connectivity index (χ3v) is 7.56. The summed E-state index contributed by atoms with van der Waals surface area (Å²) in [6.45, 7) is 3.99. The minimum Gasteiger partial charge on any atom is -0.508 e. The zero-order chi connectivity index (χ0) is 29.2. The summed E-state index contributed by atoms with van der Waals surface area (Å²) in [5.74, 6) is 0.00370. The minimum absolute atomic E-state index is 0.160. The molecule has 0 bridgehead atoms. The maximum Gasteiger partial charge on any atom is 0.417 e. The van der Waals surface area contributed by atoms with Gasteiger partial charge in [0, 0.05) is 16.7 Å². The normalized spacial score (nSPS) is 14.6. The smallest absolute Gasteiger partial charge is 0.417 e. The van der Waals surface area contributed by atoms with Crippen molar-refractivity contribution < 1.29 is 32.3 Å². The fourth-order valence-corrected chi connectivity index (χ4v) is 5.13. The second-order valence-corrected chi connectivity index (χ2v) is 10.2. The van der Waals surface area contributed by atoms with Crippen molar-refractivity contribution in [3.05, 3.63) is 107 Å². The molecule has 0 spiro atoms. The van der Waals surface area contributed by atoms with Gasteiger partial charge < -0.3 is 14.4 Å². The van der Waals surface area contributed by atoms with E-state index in [0.29, 0.717) is 30.9 Å². The van der Waals surface area contributed by atoms with E-state index in [1.54, 1.807) is 0 Å². The van der Waals surface area contributed by atoms with E-state index < -0.39 is 22.9 Å². The van der Waals surface area contributed by atoms with Gasteiger partial charge in [0.1, 0.15) is 5.76 Å². The monoisotopic (exact) mass is 561 g/mol. The Kier molecular flexibility index (Phi) is 7.76. The van der Waals surface area contributed by atoms with Crippen molar-refractivity contribution in [2.24, 2.45) is 0 Å². The van der Waals surface area contributed by atoms with Crippen molar-refractivity contribution in [3.63, 3.8) is 0 Å². The van der Waals surface area contributed by atoms with Gasteiger partial charge in [-0.25, -0.2) is 0 Å². The lowest BCUT2D eigenvalue weighted by Crippen LogP contribution is -2.23. The molecule has 0 atom stereocenters. The number of hydrogen-bond donors (Lipinski definition) is 1. The van der Waals surface area contributed by atoms with E-state index in [0.717, 1.165) is 46.7 Å². The van der Waals surface area contributed by atoms with E-state index in [1.807, 2.05) is 62.4 Å². The van der Waals surface area contributed by atoms with Crippen molar-refractivity contribution in [2.75, 3.05) is 6.61 Å². The minimum atomic E-state index is -4.56. The molecule has 1 saturated carbocycles. The number of allylic oxidation sites excluding steroid dienone is 1. The quantitative estimate of drug-likeness (QED) is 0.164. The average molecular weight is 562 g/mol. The highest BCUT2D eigenvalue weighted by Gasteiger charge is 2.52. The summed E-state index contributed by atoms with van der Waals surface area (Å²) in [5, 5.41) is 14.5. The zero-order valence-electron chi connectivity index (χ0n) is 22.8. The lowest BCUT2D eigenvalue weighted by Gasteiger charge is -2.14. The highest BCUT2D eigenvalue weighted by Crippen LogP contribution is 2.49. The number of alkyl halides is 3. The maximum absolute atomic E-state index is 13.3. The van der Waals surface area contributed by atoms with Gasteiger partial charge in [-0.15, -0.1) is 0 Å². The molecule has 41 heavy (non-hydrogen) atoms. The molecule has 0 aliphatic heterocycles. The molecule has 1 aliphatic rings. The number of carbonyl (C=O) groups excluding carboxylic acids is 1. The van der Waals surface area contributed by atoms with Gasteiger partial charge in [-0.05, 0) is 68.4 Å². The topological polar surface area (TPSA) is 72.6 Å². The molecule has 212 valence electrons. The van der Waals surface area contributed by atoms with Gasteiger partial charge >= 0.3 is 12.1 Å². The summed E-state index contributed by atoms with van der Waals surface area (Å²) in [7, 11) is 0. The number of hydrogen-bond acceptors (Lipinski definition) is 5. The number of rotatable bonds is 9. The van der Waals surface area contributed by atoms with Crippen LogP contribution < -0.4 is 0 Å². The summed E-state index contributed by atoms with van der Waals surface area (Å²) in [6.07, 6.45) is -0.850. The Morgan fingerprint density at radius 2 is 1.61 bits per heavy atom. The number of nitrogens with zero attached hydrogens (tertiary/aromatic N) is 1. The molecule has 0 amide bonds. The molecular formula is C33H30F3NO4. The molecule has 0 radical (unpaired) electrons. The lowest BCUT2D eigenvalue weighted by atomic mass is 9.93. The molecule has 5 rings (SSSR count). The Morgan fingerprint density at radius 1 is 1.00 bits per heavy atom. The number of aliphatic hydroxyl groups is 1. The van der Waals surface area contributed by atoms with E-state index in [9.17, 15) is 23.1 Å². The molecule has 1 aliphatic carbocycles. The number of aromatic nitrogens is 1. The fourth-order valence-electron chi connectivity index (χ4n) is 5.13. The van der Waals surface area contributed by atoms with E-state index >= 15 is 0 Å². The average Bonchev–Trinajstić information content (AvgIpc) is 3.71. The summed E-state index contributed by atoms with van der Waals surface area (Å²) >= 11 is 0. The van der Waals surface area contributed by atoms with E-state index in [2.05, 4.69) is 5.16 Å². The van der Waals surface area contributed by atoms with Crippen LogP contribution in [0, 0.1) is 6.92 Å². The van der Waals surface area contributed by atoms with Crippen LogP contribution in [0.2, 0.25) is 0 Å². The molecule has 4 aromatic rings. The van der Waals surface area contributed by atoms with Crippen LogP contribution in [0.25, 0.3) is 28.2 Å². The number of carbonyl (C=O) groups is 1. The number of esters is 1. The van der Waals surface area contributed by atoms with E-state index in [1.165, 1.54) is 24.3 Å². The van der Waals surface area contributed by atoms with Crippen molar-refractivity contribution in [1.29, 1.82) is 0 Å². The molecule has 0 unspecified atom stereocenters. The van der Waals surface area contributed by atoms with Crippen LogP contribution in [-0.4, -0.2) is 22.8 Å². The fraction of sp³-hybridized carbons (Fsp3) is 0.273. The molecule has 1 heterocycles. The first-order valence-electron chi connectivity index (χ1n) is 13.5. The van der Waals surface area contributed by atoms with E-state index in [-0.39, 0.29) is 11.5 Å². The van der Waals surface area contributed by atoms with Crippen LogP contribution in [0.3, 0.4) is 0 Å². The Labute approximate surface area is 236 Å². The van der Waals surface area contributed by atoms with Crippen molar-refractivity contribution in [3.8, 4) is 22.5 Å². The summed E-state index contributed by atoms with van der Waals surface area (Å²) in [5.41, 5.74) is 3.66. The number of aryl methyl sites for hydroxylation is 1. The van der Waals surface area contributed by atoms with Gasteiger partial charge in [0.2, 0.25) is 0 Å². The van der Waals surface area contributed by atoms with Gasteiger partial charge in [0.15, 0.2) is 5.76 Å². The van der Waals surface area contributed by atoms with Crippen molar-refractivity contribution in [1.82, 2.24) is 5.16 Å². The molecule has 1 fully saturated rings. The molecule has 0 saturated heterocycles. The number of ether oxygens (including phenoxy) is 1. The largest absolute Gasteiger partial charge is 0.508 e. The van der Waals surface area contributed by atoms with Crippen molar-refractivity contribution >= 4 is 11.7 Å². The molecular weight excluding hydrogens is 531 g/mol. The first-order chi connectivity index (χ1) is 19.6. The predicted molar refractivity (Wildman–Crippen MR) is 150 cm³/mol. The Hall–Kier alpha value is -4.33. The molecule has 1 aromatic heterocycles. The first-order valence-corrected chi connectivity index (χ1v) is 13.5. The van der Waals surface area contributed by atoms with Gasteiger partial charge in [-0.3, -0.25) is 4.79 Å². The SMILES string of the molecule is CCOC(=O)C1(c2ccc(-c3ccc(-c4onc(C)c4CC/C=C(\O)c4ccccc4C(F)(F)F)cc3)cc2)CC1. The summed E-state index contributed by atoms with van der Waals surface area (Å²) in [4.78, 5) is 12.4. The van der Waals surface area contributed by atoms with Crippen LogP contribution in [-0.2, 0) is 27.5 Å². The highest BCUT2D eigenvalue weighted by atomic mass is 19.4. The van der Waals surface area contributed by atoms with Gasteiger partial charge in [0.25, 0.3) is 0 Å². The molecule has 5 nitrogen and oxygen atoms in total. The predicted octanol–water partition coefficient (Wildman–Crippen LogP) is 8.46. The molecule has 3 aromatic carbocycles. The van der Waals surface area contributed by atoms with Crippen LogP contribution in [0.1, 0.15) is 54.1 Å². The van der Waals surface area contributed by atoms with Gasteiger partial charge in [-0.2, -0.15) is 13.2 Å². The maximum atomic E-state index is 13.3. The van der Waals surface area contributed by atoms with Gasteiger partial charge in [0.05, 0.1) is 23.3 Å². The lowest BCUT2D eigenvalue weighted by molar-refractivity contribution is -0.146. The standard InChI is InChI=1S/C33H30F3NO4/c1-3-40-31(39)32(19-20-32)25-17-15-23(16-18-25)22-11-13-24(14-12-22)30-26(21(2)37-41-30)8-6-10-29(38)27-7-4-5-9-28(27)33(34,35)36/h4-5,7,9-18,38H,3,6,8,19-20H2,1-2H3/b29-10-. The van der Waals surface area contributed by atoms with Gasteiger partial charge in [-0.1, -0.05) is 71.9 Å². The summed E-state index contributed by atoms with van der Waals surface area (Å²) in [6, 6.07) is 20.8. The number of benzene rings is 3. The Morgan fingerprint density at radius 3 is 2.22 bits per heavy atom. The number of aliphatic hydroxyl groups excluding tert-OH is 1. The van der Waals surface area contributed by atoms with Crippen molar-refractivity contribution in [2.45, 2.75) is 51.1 Å². The van der Waals surface area contributed by atoms with E-state index in [4.69, 9.17) is 9.26 Å². The third-order valence-electron chi connectivity index (χ3n) is 7.56. The third kappa shape index (κ3) is 5.78. The summed E-state index contributed by atoms with van der Waals surface area (Å²) < 4.78 is 50.9. The van der Waals surface area contributed by atoms with Crippen LogP contribution in [0.5, 0.6) is 0 Å². The molecule has 1 N–H and O–H groups in total. The van der Waals surface area contributed by atoms with Crippen LogP contribution in [0.15, 0.2) is 83.4 Å². The first kappa shape index (κ1) is 28.2. The second kappa shape index (κ2) is 11.3. The number of halogens is 3. The Bertz CT molecular complexity index is 1560. The van der Waals surface area contributed by atoms with Crippen LogP contribution in [0.4, 0.5) is 13.2 Å². The second-order valence-electron chi connectivity index (χ2n) is 10.2. The van der Waals surface area contributed by atoms with Crippen LogP contribution >= 0.6 is 0 Å².